The number of hydrogen-bond donors (Lipinski definition) is 1. The van der Waals surface area contributed by atoms with Crippen molar-refractivity contribution in [1.29, 1.82) is 0 Å². The molecule has 1 N–H and O–H groups in total. The van der Waals surface area contributed by atoms with Crippen LogP contribution >= 0.6 is 0 Å². The minimum atomic E-state index is -0.340. The van der Waals surface area contributed by atoms with Gasteiger partial charge >= 0.3 is 5.69 Å². The Bertz CT molecular complexity index is 1710. The summed E-state index contributed by atoms with van der Waals surface area (Å²) in [5, 5.41) is 2.72. The highest BCUT2D eigenvalue weighted by atomic mass is 16.2. The van der Waals surface area contributed by atoms with Gasteiger partial charge in [0.1, 0.15) is 0 Å². The number of benzene rings is 3. The van der Waals surface area contributed by atoms with Gasteiger partial charge < -0.3 is 5.32 Å². The number of rotatable bonds is 7. The number of nitrogens with one attached hydrogen (secondary N) is 1. The first-order chi connectivity index (χ1) is 17.9. The maximum absolute atomic E-state index is 13.7. The van der Waals surface area contributed by atoms with Gasteiger partial charge in [-0.05, 0) is 67.1 Å². The van der Waals surface area contributed by atoms with Crippen molar-refractivity contribution in [3.05, 3.63) is 131 Å². The van der Waals surface area contributed by atoms with Crippen LogP contribution in [0.25, 0.3) is 22.4 Å². The first kappa shape index (κ1) is 23.7. The van der Waals surface area contributed by atoms with Crippen molar-refractivity contribution in [3.8, 4) is 11.4 Å². The summed E-state index contributed by atoms with van der Waals surface area (Å²) in [6.07, 6.45) is 4.75. The van der Waals surface area contributed by atoms with Crippen LogP contribution in [-0.4, -0.2) is 25.8 Å². The van der Waals surface area contributed by atoms with E-state index >= 15 is 0 Å². The van der Waals surface area contributed by atoms with Gasteiger partial charge in [0.15, 0.2) is 5.78 Å². The Kier molecular flexibility index (Phi) is 6.34. The lowest BCUT2D eigenvalue weighted by molar-refractivity contribution is -0.111. The van der Waals surface area contributed by atoms with E-state index in [1.807, 2.05) is 31.2 Å². The minimum Gasteiger partial charge on any atom is -0.322 e. The SMILES string of the molecule is C=CC(=O)Nc1cccc(-n2c(=O)n(-c3ccc(C(=O)Cc4cccc(C)c4)cc3)c3cnccc32)c1. The van der Waals surface area contributed by atoms with E-state index in [2.05, 4.69) is 16.9 Å². The van der Waals surface area contributed by atoms with E-state index in [0.717, 1.165) is 11.1 Å². The Balaban J connectivity index is 1.52. The molecule has 182 valence electrons. The van der Waals surface area contributed by atoms with E-state index in [1.165, 1.54) is 6.08 Å². The number of carbonyl (C=O) groups excluding carboxylic acids is 2. The normalized spacial score (nSPS) is 10.8. The number of ketones is 1. The average Bonchev–Trinajstić information content (AvgIpc) is 3.20. The summed E-state index contributed by atoms with van der Waals surface area (Å²) in [6, 6.07) is 23.7. The Morgan fingerprint density at radius 1 is 0.919 bits per heavy atom. The van der Waals surface area contributed by atoms with E-state index < -0.39 is 0 Å². The molecular formula is C30H24N4O3. The predicted octanol–water partition coefficient (Wildman–Crippen LogP) is 5.03. The van der Waals surface area contributed by atoms with Gasteiger partial charge in [-0.3, -0.25) is 23.7 Å². The summed E-state index contributed by atoms with van der Waals surface area (Å²) in [6.45, 7) is 5.47. The smallest absolute Gasteiger partial charge is 0.322 e. The third kappa shape index (κ3) is 4.75. The van der Waals surface area contributed by atoms with Crippen LogP contribution in [0.1, 0.15) is 21.5 Å². The minimum absolute atomic E-state index is 0.00646. The molecule has 1 amide bonds. The Labute approximate surface area is 213 Å². The molecule has 7 heteroatoms. The fourth-order valence-electron chi connectivity index (χ4n) is 4.37. The van der Waals surface area contributed by atoms with Gasteiger partial charge in [-0.1, -0.05) is 42.5 Å². The standard InChI is InChI=1S/C30H24N4O3/c1-3-29(36)32-23-8-5-9-25(18-23)34-26-14-15-31-19-27(26)33(30(34)37)24-12-10-22(11-13-24)28(35)17-21-7-4-6-20(2)16-21/h3-16,18-19H,1,17H2,2H3,(H,32,36). The van der Waals surface area contributed by atoms with Gasteiger partial charge in [0.25, 0.3) is 0 Å². The van der Waals surface area contributed by atoms with Gasteiger partial charge in [-0.25, -0.2) is 4.79 Å². The number of nitrogens with zero attached hydrogens (tertiary/aromatic N) is 3. The number of imidazole rings is 1. The molecule has 5 aromatic rings. The maximum atomic E-state index is 13.7. The van der Waals surface area contributed by atoms with Crippen molar-refractivity contribution in [3.63, 3.8) is 0 Å². The van der Waals surface area contributed by atoms with Crippen molar-refractivity contribution in [2.45, 2.75) is 13.3 Å². The summed E-state index contributed by atoms with van der Waals surface area (Å²) in [5.74, 6) is -0.333. The Morgan fingerprint density at radius 2 is 1.68 bits per heavy atom. The molecular weight excluding hydrogens is 464 g/mol. The second-order valence-electron chi connectivity index (χ2n) is 8.70. The fraction of sp³-hybridized carbons (Fsp3) is 0.0667. The second-order valence-corrected chi connectivity index (χ2v) is 8.70. The summed E-state index contributed by atoms with van der Waals surface area (Å²) < 4.78 is 3.13. The zero-order valence-corrected chi connectivity index (χ0v) is 20.2. The van der Waals surface area contributed by atoms with Crippen molar-refractivity contribution in [2.24, 2.45) is 0 Å². The van der Waals surface area contributed by atoms with Crippen LogP contribution in [0, 0.1) is 6.92 Å². The average molecular weight is 489 g/mol. The highest BCUT2D eigenvalue weighted by Crippen LogP contribution is 2.22. The first-order valence-electron chi connectivity index (χ1n) is 11.7. The summed E-state index contributed by atoms with van der Waals surface area (Å²) in [5.41, 5.74) is 5.38. The van der Waals surface area contributed by atoms with E-state index in [9.17, 15) is 14.4 Å². The topological polar surface area (TPSA) is 86.0 Å². The molecule has 0 saturated heterocycles. The molecule has 0 aliphatic carbocycles. The second kappa shape index (κ2) is 9.91. The molecule has 2 heterocycles. The van der Waals surface area contributed by atoms with Crippen molar-refractivity contribution in [1.82, 2.24) is 14.1 Å². The van der Waals surface area contributed by atoms with E-state index in [1.54, 1.807) is 76.1 Å². The Hall–Kier alpha value is -5.04. The molecule has 37 heavy (non-hydrogen) atoms. The van der Waals surface area contributed by atoms with Crippen LogP contribution in [0.2, 0.25) is 0 Å². The summed E-state index contributed by atoms with van der Waals surface area (Å²) in [7, 11) is 0. The van der Waals surface area contributed by atoms with Crippen LogP contribution in [0.3, 0.4) is 0 Å². The molecule has 0 fully saturated rings. The molecule has 0 unspecified atom stereocenters. The monoisotopic (exact) mass is 488 g/mol. The largest absolute Gasteiger partial charge is 0.338 e. The van der Waals surface area contributed by atoms with E-state index in [-0.39, 0.29) is 17.4 Å². The van der Waals surface area contributed by atoms with Crippen molar-refractivity contribution < 1.29 is 9.59 Å². The highest BCUT2D eigenvalue weighted by Gasteiger charge is 2.17. The van der Waals surface area contributed by atoms with Crippen LogP contribution in [0.15, 0.2) is 109 Å². The van der Waals surface area contributed by atoms with Crippen LogP contribution in [0.4, 0.5) is 5.69 Å². The molecule has 0 bridgehead atoms. The molecule has 0 aliphatic rings. The van der Waals surface area contributed by atoms with Crippen molar-refractivity contribution >= 4 is 28.4 Å². The van der Waals surface area contributed by atoms with Gasteiger partial charge in [0.2, 0.25) is 5.91 Å². The number of pyridine rings is 1. The number of carbonyl (C=O) groups is 2. The molecule has 0 aliphatic heterocycles. The molecule has 0 atom stereocenters. The zero-order chi connectivity index (χ0) is 25.9. The molecule has 0 spiro atoms. The lowest BCUT2D eigenvalue weighted by Crippen LogP contribution is -2.22. The van der Waals surface area contributed by atoms with Crippen LogP contribution in [-0.2, 0) is 11.2 Å². The zero-order valence-electron chi connectivity index (χ0n) is 20.2. The molecule has 0 saturated carbocycles. The van der Waals surface area contributed by atoms with E-state index in [4.69, 9.17) is 0 Å². The number of aryl methyl sites for hydroxylation is 1. The third-order valence-corrected chi connectivity index (χ3v) is 6.09. The molecule has 3 aromatic carbocycles. The van der Waals surface area contributed by atoms with Gasteiger partial charge in [-0.15, -0.1) is 0 Å². The summed E-state index contributed by atoms with van der Waals surface area (Å²) >= 11 is 0. The molecule has 2 aromatic heterocycles. The maximum Gasteiger partial charge on any atom is 0.338 e. The van der Waals surface area contributed by atoms with Gasteiger partial charge in [-0.2, -0.15) is 0 Å². The van der Waals surface area contributed by atoms with E-state index in [0.29, 0.717) is 40.1 Å². The summed E-state index contributed by atoms with van der Waals surface area (Å²) in [4.78, 5) is 42.5. The highest BCUT2D eigenvalue weighted by molar-refractivity contribution is 5.99. The number of fused-ring (bicyclic) bond motifs is 1. The Morgan fingerprint density at radius 3 is 2.43 bits per heavy atom. The number of hydrogen-bond acceptors (Lipinski definition) is 4. The lowest BCUT2D eigenvalue weighted by atomic mass is 10.0. The lowest BCUT2D eigenvalue weighted by Gasteiger charge is -2.07. The number of amides is 1. The van der Waals surface area contributed by atoms with Crippen LogP contribution in [0.5, 0.6) is 0 Å². The van der Waals surface area contributed by atoms with Crippen LogP contribution < -0.4 is 11.0 Å². The van der Waals surface area contributed by atoms with Gasteiger partial charge in [0.05, 0.1) is 28.6 Å². The number of Topliss-reactive ketones (excluding diaryl/α,β-unsaturated/α-hetero) is 1. The molecule has 0 radical (unpaired) electrons. The quantitative estimate of drug-likeness (QED) is 0.257. The number of anilines is 1. The number of aromatic nitrogens is 3. The van der Waals surface area contributed by atoms with Crippen molar-refractivity contribution in [2.75, 3.05) is 5.32 Å². The molecule has 5 rings (SSSR count). The molecule has 7 nitrogen and oxygen atoms in total. The van der Waals surface area contributed by atoms with Gasteiger partial charge in [0, 0.05) is 23.9 Å². The fourth-order valence-corrected chi connectivity index (χ4v) is 4.37. The first-order valence-corrected chi connectivity index (χ1v) is 11.7. The predicted molar refractivity (Wildman–Crippen MR) is 145 cm³/mol. The third-order valence-electron chi connectivity index (χ3n) is 6.09.